The zero-order valence-corrected chi connectivity index (χ0v) is 12.2. The van der Waals surface area contributed by atoms with Crippen molar-refractivity contribution in [3.63, 3.8) is 0 Å². The Labute approximate surface area is 120 Å². The third kappa shape index (κ3) is 4.62. The van der Waals surface area contributed by atoms with Gasteiger partial charge < -0.3 is 15.4 Å². The molecule has 2 N–H and O–H groups in total. The molecule has 0 bridgehead atoms. The summed E-state index contributed by atoms with van der Waals surface area (Å²) in [5.41, 5.74) is 2.47. The van der Waals surface area contributed by atoms with Crippen LogP contribution >= 0.6 is 0 Å². The Morgan fingerprint density at radius 1 is 1.30 bits per heavy atom. The van der Waals surface area contributed by atoms with Crippen molar-refractivity contribution in [3.8, 4) is 0 Å². The fraction of sp³-hybridized carbons (Fsp3) is 0.562. The summed E-state index contributed by atoms with van der Waals surface area (Å²) in [4.78, 5) is 11.8. The Morgan fingerprint density at radius 3 is 2.70 bits per heavy atom. The number of piperidine rings is 1. The average molecular weight is 276 g/mol. The van der Waals surface area contributed by atoms with E-state index in [1.165, 1.54) is 11.1 Å². The van der Waals surface area contributed by atoms with Gasteiger partial charge in [-0.05, 0) is 43.5 Å². The number of hydrogen-bond donors (Lipinski definition) is 2. The zero-order chi connectivity index (χ0) is 14.2. The molecule has 110 valence electrons. The minimum Gasteiger partial charge on any atom is -0.368 e. The van der Waals surface area contributed by atoms with Gasteiger partial charge in [-0.15, -0.1) is 0 Å². The second-order valence-electron chi connectivity index (χ2n) is 5.16. The monoisotopic (exact) mass is 276 g/mol. The van der Waals surface area contributed by atoms with Gasteiger partial charge in [-0.1, -0.05) is 31.2 Å². The van der Waals surface area contributed by atoms with Crippen LogP contribution in [0.2, 0.25) is 0 Å². The van der Waals surface area contributed by atoms with Gasteiger partial charge in [0.2, 0.25) is 5.91 Å². The van der Waals surface area contributed by atoms with E-state index in [-0.39, 0.29) is 18.6 Å². The van der Waals surface area contributed by atoms with E-state index in [9.17, 15) is 4.79 Å². The van der Waals surface area contributed by atoms with Gasteiger partial charge >= 0.3 is 0 Å². The van der Waals surface area contributed by atoms with E-state index >= 15 is 0 Å². The maximum Gasteiger partial charge on any atom is 0.246 e. The van der Waals surface area contributed by atoms with Crippen LogP contribution in [0.3, 0.4) is 0 Å². The fourth-order valence-electron chi connectivity index (χ4n) is 2.48. The summed E-state index contributed by atoms with van der Waals surface area (Å²) >= 11 is 0. The molecule has 0 aliphatic carbocycles. The highest BCUT2D eigenvalue weighted by atomic mass is 16.5. The maximum atomic E-state index is 11.8. The molecule has 1 aromatic rings. The second-order valence-corrected chi connectivity index (χ2v) is 5.16. The lowest BCUT2D eigenvalue weighted by Gasteiger charge is -2.22. The van der Waals surface area contributed by atoms with E-state index in [0.717, 1.165) is 32.4 Å². The topological polar surface area (TPSA) is 50.4 Å². The quantitative estimate of drug-likeness (QED) is 0.830. The summed E-state index contributed by atoms with van der Waals surface area (Å²) < 4.78 is 5.64. The number of hydrogen-bond acceptors (Lipinski definition) is 3. The molecule has 4 nitrogen and oxygen atoms in total. The van der Waals surface area contributed by atoms with Crippen molar-refractivity contribution in [2.24, 2.45) is 0 Å². The average Bonchev–Trinajstić information content (AvgIpc) is 2.52. The molecule has 1 saturated heterocycles. The highest BCUT2D eigenvalue weighted by molar-refractivity contribution is 5.77. The molecule has 1 heterocycles. The molecular formula is C16H24N2O2. The van der Waals surface area contributed by atoms with E-state index in [0.29, 0.717) is 6.54 Å². The van der Waals surface area contributed by atoms with Crippen molar-refractivity contribution >= 4 is 5.91 Å². The number of benzene rings is 1. The predicted molar refractivity (Wildman–Crippen MR) is 79.5 cm³/mol. The first kappa shape index (κ1) is 15.0. The van der Waals surface area contributed by atoms with Crippen LogP contribution in [0.25, 0.3) is 0 Å². The normalized spacial score (nSPS) is 16.1. The third-order valence-electron chi connectivity index (χ3n) is 3.71. The number of carbonyl (C=O) groups excluding carboxylic acids is 1. The van der Waals surface area contributed by atoms with Crippen LogP contribution < -0.4 is 10.6 Å². The standard InChI is InChI=1S/C16H24N2O2/c1-2-13-5-3-4-6-14(13)11-18-16(19)12-20-15-7-9-17-10-8-15/h3-6,15,17H,2,7-12H2,1H3,(H,18,19). The molecule has 20 heavy (non-hydrogen) atoms. The number of carbonyl (C=O) groups is 1. The molecule has 2 rings (SSSR count). The smallest absolute Gasteiger partial charge is 0.246 e. The summed E-state index contributed by atoms with van der Waals surface area (Å²) in [6, 6.07) is 8.20. The Morgan fingerprint density at radius 2 is 2.00 bits per heavy atom. The summed E-state index contributed by atoms with van der Waals surface area (Å²) in [7, 11) is 0. The fourth-order valence-corrected chi connectivity index (χ4v) is 2.48. The molecular weight excluding hydrogens is 252 g/mol. The summed E-state index contributed by atoms with van der Waals surface area (Å²) in [6.45, 7) is 4.84. The Balaban J connectivity index is 1.71. The van der Waals surface area contributed by atoms with Crippen molar-refractivity contribution in [2.75, 3.05) is 19.7 Å². The molecule has 1 aliphatic heterocycles. The number of aryl methyl sites for hydroxylation is 1. The lowest BCUT2D eigenvalue weighted by molar-refractivity contribution is -0.128. The van der Waals surface area contributed by atoms with Crippen LogP contribution in [0.4, 0.5) is 0 Å². The van der Waals surface area contributed by atoms with Crippen molar-refractivity contribution in [1.29, 1.82) is 0 Å². The van der Waals surface area contributed by atoms with Gasteiger partial charge in [0.05, 0.1) is 6.10 Å². The van der Waals surface area contributed by atoms with E-state index < -0.39 is 0 Å². The van der Waals surface area contributed by atoms with Gasteiger partial charge in [0, 0.05) is 6.54 Å². The van der Waals surface area contributed by atoms with Crippen LogP contribution in [-0.2, 0) is 22.5 Å². The SMILES string of the molecule is CCc1ccccc1CNC(=O)COC1CCNCC1. The number of amides is 1. The van der Waals surface area contributed by atoms with Crippen LogP contribution in [0.15, 0.2) is 24.3 Å². The molecule has 1 aliphatic rings. The number of rotatable bonds is 6. The largest absolute Gasteiger partial charge is 0.368 e. The second kappa shape index (κ2) is 8.02. The summed E-state index contributed by atoms with van der Waals surface area (Å²) in [6.07, 6.45) is 3.19. The molecule has 1 amide bonds. The van der Waals surface area contributed by atoms with Crippen LogP contribution in [0.1, 0.15) is 30.9 Å². The molecule has 0 saturated carbocycles. The van der Waals surface area contributed by atoms with Crippen molar-refractivity contribution in [3.05, 3.63) is 35.4 Å². The lowest BCUT2D eigenvalue weighted by atomic mass is 10.1. The first-order valence-electron chi connectivity index (χ1n) is 7.45. The van der Waals surface area contributed by atoms with E-state index in [1.807, 2.05) is 12.1 Å². The molecule has 1 aromatic carbocycles. The van der Waals surface area contributed by atoms with Crippen molar-refractivity contribution in [2.45, 2.75) is 38.8 Å². The molecule has 4 heteroatoms. The Kier molecular flexibility index (Phi) is 6.02. The van der Waals surface area contributed by atoms with Crippen LogP contribution in [-0.4, -0.2) is 31.7 Å². The highest BCUT2D eigenvalue weighted by Gasteiger charge is 2.14. The summed E-state index contributed by atoms with van der Waals surface area (Å²) in [5, 5.41) is 6.21. The van der Waals surface area contributed by atoms with E-state index in [4.69, 9.17) is 4.74 Å². The van der Waals surface area contributed by atoms with Gasteiger partial charge in [0.15, 0.2) is 0 Å². The summed E-state index contributed by atoms with van der Waals surface area (Å²) in [5.74, 6) is -0.0329. The molecule has 0 atom stereocenters. The van der Waals surface area contributed by atoms with Gasteiger partial charge in [-0.3, -0.25) is 4.79 Å². The van der Waals surface area contributed by atoms with Gasteiger partial charge in [0.25, 0.3) is 0 Å². The Bertz CT molecular complexity index is 428. The number of nitrogens with one attached hydrogen (secondary N) is 2. The molecule has 0 unspecified atom stereocenters. The first-order valence-corrected chi connectivity index (χ1v) is 7.45. The molecule has 1 fully saturated rings. The highest BCUT2D eigenvalue weighted by Crippen LogP contribution is 2.09. The zero-order valence-electron chi connectivity index (χ0n) is 12.2. The predicted octanol–water partition coefficient (Wildman–Crippen LogP) is 1.63. The van der Waals surface area contributed by atoms with Crippen molar-refractivity contribution in [1.82, 2.24) is 10.6 Å². The third-order valence-corrected chi connectivity index (χ3v) is 3.71. The number of ether oxygens (including phenoxy) is 1. The van der Waals surface area contributed by atoms with E-state index in [1.54, 1.807) is 0 Å². The maximum absolute atomic E-state index is 11.8. The minimum atomic E-state index is -0.0329. The van der Waals surface area contributed by atoms with Gasteiger partial charge in [0.1, 0.15) is 6.61 Å². The lowest BCUT2D eigenvalue weighted by Crippen LogP contribution is -2.35. The van der Waals surface area contributed by atoms with Crippen LogP contribution in [0, 0.1) is 0 Å². The minimum absolute atomic E-state index is 0.0329. The first-order chi connectivity index (χ1) is 9.79. The van der Waals surface area contributed by atoms with Gasteiger partial charge in [-0.2, -0.15) is 0 Å². The molecule has 0 aromatic heterocycles. The molecule has 0 radical (unpaired) electrons. The van der Waals surface area contributed by atoms with E-state index in [2.05, 4.69) is 29.7 Å². The van der Waals surface area contributed by atoms with Crippen molar-refractivity contribution < 1.29 is 9.53 Å². The molecule has 0 spiro atoms. The van der Waals surface area contributed by atoms with Crippen LogP contribution in [0.5, 0.6) is 0 Å². The Hall–Kier alpha value is -1.39. The van der Waals surface area contributed by atoms with Gasteiger partial charge in [-0.25, -0.2) is 0 Å².